The molecule has 0 spiro atoms. The highest BCUT2D eigenvalue weighted by molar-refractivity contribution is 7.92. The number of halogens is 2. The van der Waals surface area contributed by atoms with Crippen molar-refractivity contribution >= 4 is 38.9 Å². The number of para-hydroxylation sites is 2. The Labute approximate surface area is 160 Å². The predicted octanol–water partition coefficient (Wildman–Crippen LogP) is 4.53. The Morgan fingerprint density at radius 1 is 0.852 bits per heavy atom. The third kappa shape index (κ3) is 4.45. The molecule has 0 unspecified atom stereocenters. The number of amides is 1. The molecule has 0 saturated carbocycles. The van der Waals surface area contributed by atoms with Gasteiger partial charge in [0.25, 0.3) is 15.9 Å². The van der Waals surface area contributed by atoms with Gasteiger partial charge in [0.1, 0.15) is 5.82 Å². The lowest BCUT2D eigenvalue weighted by Gasteiger charge is -2.14. The van der Waals surface area contributed by atoms with Gasteiger partial charge in [0.15, 0.2) is 0 Å². The second-order valence-corrected chi connectivity index (χ2v) is 7.63. The standard InChI is InChI=1S/C19H14ClFN2O3S/c20-16-6-2-1-5-15(16)19(24)22-17-7-3-4-8-18(17)23-27(25,26)14-11-9-13(21)10-12-14/h1-12,23H,(H,22,24). The van der Waals surface area contributed by atoms with Crippen molar-refractivity contribution in [1.29, 1.82) is 0 Å². The van der Waals surface area contributed by atoms with Crippen molar-refractivity contribution < 1.29 is 17.6 Å². The van der Waals surface area contributed by atoms with Crippen LogP contribution in [0.2, 0.25) is 5.02 Å². The monoisotopic (exact) mass is 404 g/mol. The molecule has 3 rings (SSSR count). The van der Waals surface area contributed by atoms with Crippen LogP contribution in [0.15, 0.2) is 77.7 Å². The van der Waals surface area contributed by atoms with Crippen LogP contribution in [0.3, 0.4) is 0 Å². The lowest BCUT2D eigenvalue weighted by molar-refractivity contribution is 0.102. The van der Waals surface area contributed by atoms with Gasteiger partial charge in [-0.1, -0.05) is 35.9 Å². The molecule has 5 nitrogen and oxygen atoms in total. The van der Waals surface area contributed by atoms with Gasteiger partial charge in [0.2, 0.25) is 0 Å². The van der Waals surface area contributed by atoms with Crippen LogP contribution < -0.4 is 10.0 Å². The van der Waals surface area contributed by atoms with Crippen LogP contribution in [0.25, 0.3) is 0 Å². The van der Waals surface area contributed by atoms with Crippen LogP contribution in [0.4, 0.5) is 15.8 Å². The van der Waals surface area contributed by atoms with Crippen molar-refractivity contribution in [3.63, 3.8) is 0 Å². The lowest BCUT2D eigenvalue weighted by atomic mass is 10.2. The van der Waals surface area contributed by atoms with Crippen molar-refractivity contribution in [2.24, 2.45) is 0 Å². The summed E-state index contributed by atoms with van der Waals surface area (Å²) in [6.07, 6.45) is 0. The van der Waals surface area contributed by atoms with Crippen LogP contribution in [-0.4, -0.2) is 14.3 Å². The van der Waals surface area contributed by atoms with Crippen LogP contribution in [0, 0.1) is 5.82 Å². The van der Waals surface area contributed by atoms with E-state index in [0.29, 0.717) is 0 Å². The summed E-state index contributed by atoms with van der Waals surface area (Å²) >= 11 is 6.02. The molecule has 0 atom stereocenters. The highest BCUT2D eigenvalue weighted by atomic mass is 35.5. The highest BCUT2D eigenvalue weighted by Crippen LogP contribution is 2.26. The molecule has 138 valence electrons. The smallest absolute Gasteiger partial charge is 0.261 e. The van der Waals surface area contributed by atoms with Gasteiger partial charge in [0.05, 0.1) is 26.9 Å². The maximum absolute atomic E-state index is 13.0. The first-order valence-corrected chi connectivity index (χ1v) is 9.66. The van der Waals surface area contributed by atoms with E-state index in [2.05, 4.69) is 10.0 Å². The van der Waals surface area contributed by atoms with Crippen molar-refractivity contribution in [2.45, 2.75) is 4.90 Å². The van der Waals surface area contributed by atoms with Gasteiger partial charge in [-0.15, -0.1) is 0 Å². The first kappa shape index (κ1) is 18.9. The van der Waals surface area contributed by atoms with Crippen LogP contribution in [0.1, 0.15) is 10.4 Å². The van der Waals surface area contributed by atoms with Gasteiger partial charge in [-0.25, -0.2) is 12.8 Å². The molecule has 8 heteroatoms. The van der Waals surface area contributed by atoms with E-state index < -0.39 is 21.7 Å². The molecule has 0 fully saturated rings. The molecule has 3 aromatic carbocycles. The first-order chi connectivity index (χ1) is 12.9. The summed E-state index contributed by atoms with van der Waals surface area (Å²) in [5.74, 6) is -1.02. The fourth-order valence-electron chi connectivity index (χ4n) is 2.33. The average molecular weight is 405 g/mol. The summed E-state index contributed by atoms with van der Waals surface area (Å²) in [5.41, 5.74) is 0.686. The van der Waals surface area contributed by atoms with E-state index in [0.717, 1.165) is 24.3 Å². The molecular formula is C19H14ClFN2O3S. The molecule has 0 aliphatic heterocycles. The summed E-state index contributed by atoms with van der Waals surface area (Å²) in [6, 6.07) is 17.3. The number of nitrogens with one attached hydrogen (secondary N) is 2. The van der Waals surface area contributed by atoms with Crippen molar-refractivity contribution in [3.8, 4) is 0 Å². The molecule has 0 radical (unpaired) electrons. The number of benzene rings is 3. The molecule has 0 aromatic heterocycles. The summed E-state index contributed by atoms with van der Waals surface area (Å²) in [4.78, 5) is 12.3. The Hall–Kier alpha value is -2.90. The number of carbonyl (C=O) groups excluding carboxylic acids is 1. The van der Waals surface area contributed by atoms with Gasteiger partial charge < -0.3 is 5.32 Å². The van der Waals surface area contributed by atoms with Gasteiger partial charge in [-0.3, -0.25) is 9.52 Å². The van der Waals surface area contributed by atoms with Crippen molar-refractivity contribution in [1.82, 2.24) is 0 Å². The van der Waals surface area contributed by atoms with Crippen LogP contribution >= 0.6 is 11.6 Å². The first-order valence-electron chi connectivity index (χ1n) is 7.80. The Kier molecular flexibility index (Phi) is 5.43. The Balaban J connectivity index is 1.87. The number of hydrogen-bond donors (Lipinski definition) is 2. The predicted molar refractivity (Wildman–Crippen MR) is 103 cm³/mol. The van der Waals surface area contributed by atoms with Crippen molar-refractivity contribution in [2.75, 3.05) is 10.0 Å². The van der Waals surface area contributed by atoms with Crippen LogP contribution in [-0.2, 0) is 10.0 Å². The SMILES string of the molecule is O=C(Nc1ccccc1NS(=O)(=O)c1ccc(F)cc1)c1ccccc1Cl. The third-order valence-electron chi connectivity index (χ3n) is 3.66. The van der Waals surface area contributed by atoms with Crippen LogP contribution in [0.5, 0.6) is 0 Å². The Morgan fingerprint density at radius 2 is 1.44 bits per heavy atom. The molecule has 0 saturated heterocycles. The molecular weight excluding hydrogens is 391 g/mol. The van der Waals surface area contributed by atoms with E-state index in [1.807, 2.05) is 0 Å². The largest absolute Gasteiger partial charge is 0.320 e. The van der Waals surface area contributed by atoms with Gasteiger partial charge in [-0.05, 0) is 48.5 Å². The molecule has 0 bridgehead atoms. The molecule has 0 aliphatic rings. The molecule has 2 N–H and O–H groups in total. The summed E-state index contributed by atoms with van der Waals surface area (Å²) < 4.78 is 40.4. The van der Waals surface area contributed by atoms with Crippen molar-refractivity contribution in [3.05, 3.63) is 89.2 Å². The van der Waals surface area contributed by atoms with E-state index in [-0.39, 0.29) is 26.9 Å². The quantitative estimate of drug-likeness (QED) is 0.655. The minimum absolute atomic E-state index is 0.101. The zero-order chi connectivity index (χ0) is 19.4. The fraction of sp³-hybridized carbons (Fsp3) is 0. The Morgan fingerprint density at radius 3 is 2.11 bits per heavy atom. The maximum atomic E-state index is 13.0. The summed E-state index contributed by atoms with van der Waals surface area (Å²) in [5, 5.41) is 2.92. The number of carbonyl (C=O) groups is 1. The van der Waals surface area contributed by atoms with E-state index in [4.69, 9.17) is 11.6 Å². The maximum Gasteiger partial charge on any atom is 0.261 e. The minimum atomic E-state index is -3.96. The average Bonchev–Trinajstić information content (AvgIpc) is 2.64. The lowest BCUT2D eigenvalue weighted by Crippen LogP contribution is -2.17. The number of hydrogen-bond acceptors (Lipinski definition) is 3. The second kappa shape index (κ2) is 7.77. The normalized spacial score (nSPS) is 11.0. The zero-order valence-electron chi connectivity index (χ0n) is 13.8. The Bertz CT molecular complexity index is 1090. The molecule has 0 heterocycles. The van der Waals surface area contributed by atoms with Gasteiger partial charge in [0, 0.05) is 0 Å². The minimum Gasteiger partial charge on any atom is -0.320 e. The zero-order valence-corrected chi connectivity index (χ0v) is 15.4. The van der Waals surface area contributed by atoms with E-state index in [1.54, 1.807) is 42.5 Å². The molecule has 1 amide bonds. The molecule has 27 heavy (non-hydrogen) atoms. The van der Waals surface area contributed by atoms with Gasteiger partial charge in [-0.2, -0.15) is 0 Å². The number of rotatable bonds is 5. The number of anilines is 2. The summed E-state index contributed by atoms with van der Waals surface area (Å²) in [6.45, 7) is 0. The topological polar surface area (TPSA) is 75.3 Å². The second-order valence-electron chi connectivity index (χ2n) is 5.54. The number of sulfonamides is 1. The van der Waals surface area contributed by atoms with E-state index in [9.17, 15) is 17.6 Å². The summed E-state index contributed by atoms with van der Waals surface area (Å²) in [7, 11) is -3.96. The fourth-order valence-corrected chi connectivity index (χ4v) is 3.63. The van der Waals surface area contributed by atoms with E-state index in [1.165, 1.54) is 6.07 Å². The highest BCUT2D eigenvalue weighted by Gasteiger charge is 2.17. The van der Waals surface area contributed by atoms with E-state index >= 15 is 0 Å². The van der Waals surface area contributed by atoms with Gasteiger partial charge >= 0.3 is 0 Å². The third-order valence-corrected chi connectivity index (χ3v) is 5.37. The molecule has 3 aromatic rings. The molecule has 0 aliphatic carbocycles.